The van der Waals surface area contributed by atoms with Crippen LogP contribution in [0.15, 0.2) is 16.6 Å². The van der Waals surface area contributed by atoms with Gasteiger partial charge in [0.25, 0.3) is 0 Å². The van der Waals surface area contributed by atoms with E-state index >= 15 is 0 Å². The standard InChI is InChI=1S/C11H15BrO4S/c1-2-16-9-4-6(3-7(12)11(9)15)10(14)8(13)5-17/h3-4,8,10,13-15,17H,2,5H2,1H3. The Hall–Kier alpha value is -0.430. The van der Waals surface area contributed by atoms with Gasteiger partial charge in [-0.15, -0.1) is 0 Å². The molecular weight excluding hydrogens is 308 g/mol. The first-order valence-corrected chi connectivity index (χ1v) is 6.56. The van der Waals surface area contributed by atoms with Gasteiger partial charge < -0.3 is 20.1 Å². The third-order valence-electron chi connectivity index (χ3n) is 2.24. The van der Waals surface area contributed by atoms with Crippen LogP contribution in [0.2, 0.25) is 0 Å². The van der Waals surface area contributed by atoms with E-state index in [-0.39, 0.29) is 17.3 Å². The first-order valence-electron chi connectivity index (χ1n) is 5.13. The molecular formula is C11H15BrO4S. The van der Waals surface area contributed by atoms with E-state index < -0.39 is 12.2 Å². The van der Waals surface area contributed by atoms with E-state index in [1.54, 1.807) is 6.92 Å². The summed E-state index contributed by atoms with van der Waals surface area (Å²) in [5.74, 6) is 0.384. The van der Waals surface area contributed by atoms with Crippen LogP contribution in [0.4, 0.5) is 0 Å². The molecule has 2 unspecified atom stereocenters. The number of aromatic hydroxyl groups is 1. The van der Waals surface area contributed by atoms with Crippen LogP contribution < -0.4 is 4.74 Å². The fourth-order valence-electron chi connectivity index (χ4n) is 1.35. The number of phenols is 1. The summed E-state index contributed by atoms with van der Waals surface area (Å²) in [6, 6.07) is 3.04. The predicted molar refractivity (Wildman–Crippen MR) is 71.8 cm³/mol. The van der Waals surface area contributed by atoms with E-state index in [4.69, 9.17) is 4.74 Å². The highest BCUT2D eigenvalue weighted by molar-refractivity contribution is 9.10. The molecule has 0 radical (unpaired) electrons. The zero-order valence-corrected chi connectivity index (χ0v) is 11.8. The quantitative estimate of drug-likeness (QED) is 0.625. The minimum atomic E-state index is -1.07. The molecule has 0 spiro atoms. The minimum Gasteiger partial charge on any atom is -0.503 e. The van der Waals surface area contributed by atoms with Crippen LogP contribution in [0.25, 0.3) is 0 Å². The Morgan fingerprint density at radius 2 is 2.06 bits per heavy atom. The molecule has 0 aliphatic rings. The van der Waals surface area contributed by atoms with E-state index in [9.17, 15) is 15.3 Å². The van der Waals surface area contributed by atoms with Crippen molar-refractivity contribution >= 4 is 28.6 Å². The molecule has 17 heavy (non-hydrogen) atoms. The molecule has 2 atom stereocenters. The number of rotatable bonds is 5. The number of phenolic OH excluding ortho intramolecular Hbond substituents is 1. The van der Waals surface area contributed by atoms with E-state index in [0.29, 0.717) is 16.6 Å². The summed E-state index contributed by atoms with van der Waals surface area (Å²) >= 11 is 7.08. The monoisotopic (exact) mass is 322 g/mol. The van der Waals surface area contributed by atoms with Gasteiger partial charge in [-0.1, -0.05) is 0 Å². The second-order valence-electron chi connectivity index (χ2n) is 3.48. The van der Waals surface area contributed by atoms with Crippen molar-refractivity contribution < 1.29 is 20.1 Å². The maximum Gasteiger partial charge on any atom is 0.172 e. The Morgan fingerprint density at radius 3 is 2.59 bits per heavy atom. The summed E-state index contributed by atoms with van der Waals surface area (Å²) < 4.78 is 5.64. The van der Waals surface area contributed by atoms with Gasteiger partial charge in [0.05, 0.1) is 17.2 Å². The number of hydrogen-bond donors (Lipinski definition) is 4. The van der Waals surface area contributed by atoms with Crippen molar-refractivity contribution in [2.24, 2.45) is 0 Å². The molecule has 6 heteroatoms. The normalized spacial score (nSPS) is 14.4. The molecule has 96 valence electrons. The van der Waals surface area contributed by atoms with Gasteiger partial charge in [0, 0.05) is 5.75 Å². The summed E-state index contributed by atoms with van der Waals surface area (Å²) in [4.78, 5) is 0. The largest absolute Gasteiger partial charge is 0.503 e. The third-order valence-corrected chi connectivity index (χ3v) is 3.22. The van der Waals surface area contributed by atoms with Gasteiger partial charge >= 0.3 is 0 Å². The van der Waals surface area contributed by atoms with Crippen LogP contribution in [0.5, 0.6) is 11.5 Å². The van der Waals surface area contributed by atoms with Crippen LogP contribution in [0, 0.1) is 0 Å². The van der Waals surface area contributed by atoms with E-state index in [1.165, 1.54) is 12.1 Å². The number of aliphatic hydroxyl groups excluding tert-OH is 2. The lowest BCUT2D eigenvalue weighted by Crippen LogP contribution is -2.19. The average molecular weight is 323 g/mol. The molecule has 1 aromatic rings. The van der Waals surface area contributed by atoms with Crippen LogP contribution >= 0.6 is 28.6 Å². The fourth-order valence-corrected chi connectivity index (χ4v) is 2.01. The average Bonchev–Trinajstić information content (AvgIpc) is 2.33. The molecule has 0 aliphatic carbocycles. The zero-order valence-electron chi connectivity index (χ0n) is 9.30. The SMILES string of the molecule is CCOc1cc(C(O)C(O)CS)cc(Br)c1O. The van der Waals surface area contributed by atoms with Crippen molar-refractivity contribution in [3.05, 3.63) is 22.2 Å². The van der Waals surface area contributed by atoms with Crippen LogP contribution in [0.3, 0.4) is 0 Å². The number of hydrogen-bond acceptors (Lipinski definition) is 5. The molecule has 0 aliphatic heterocycles. The van der Waals surface area contributed by atoms with Gasteiger partial charge in [-0.05, 0) is 40.5 Å². The lowest BCUT2D eigenvalue weighted by molar-refractivity contribution is 0.0335. The number of halogens is 1. The highest BCUT2D eigenvalue weighted by atomic mass is 79.9. The smallest absolute Gasteiger partial charge is 0.172 e. The van der Waals surface area contributed by atoms with Crippen molar-refractivity contribution in [3.8, 4) is 11.5 Å². The molecule has 1 aromatic carbocycles. The topological polar surface area (TPSA) is 69.9 Å². The van der Waals surface area contributed by atoms with Gasteiger partial charge in [0.1, 0.15) is 6.10 Å². The molecule has 1 rings (SSSR count). The highest BCUT2D eigenvalue weighted by Crippen LogP contribution is 2.37. The molecule has 3 N–H and O–H groups in total. The Kier molecular flexibility index (Phi) is 5.58. The fraction of sp³-hybridized carbons (Fsp3) is 0.455. The number of benzene rings is 1. The van der Waals surface area contributed by atoms with Gasteiger partial charge in [-0.25, -0.2) is 0 Å². The summed E-state index contributed by atoms with van der Waals surface area (Å²) in [6.45, 7) is 2.19. The molecule has 0 amide bonds. The molecule has 0 fully saturated rings. The molecule has 0 saturated heterocycles. The van der Waals surface area contributed by atoms with Gasteiger partial charge in [0.15, 0.2) is 11.5 Å². The molecule has 0 heterocycles. The summed E-state index contributed by atoms with van der Waals surface area (Å²) in [5.41, 5.74) is 0.458. The van der Waals surface area contributed by atoms with Crippen LogP contribution in [0.1, 0.15) is 18.6 Å². The summed E-state index contributed by atoms with van der Waals surface area (Å²) in [5, 5.41) is 29.1. The van der Waals surface area contributed by atoms with E-state index in [2.05, 4.69) is 28.6 Å². The second-order valence-corrected chi connectivity index (χ2v) is 4.70. The third kappa shape index (κ3) is 3.51. The lowest BCUT2D eigenvalue weighted by Gasteiger charge is -2.18. The Morgan fingerprint density at radius 1 is 1.41 bits per heavy atom. The first kappa shape index (κ1) is 14.6. The molecule has 4 nitrogen and oxygen atoms in total. The van der Waals surface area contributed by atoms with Crippen LogP contribution in [-0.2, 0) is 0 Å². The summed E-state index contributed by atoms with van der Waals surface area (Å²) in [6.07, 6.45) is -2.03. The Balaban J connectivity index is 3.09. The molecule has 0 saturated carbocycles. The van der Waals surface area contributed by atoms with Crippen molar-refractivity contribution in [1.29, 1.82) is 0 Å². The maximum absolute atomic E-state index is 9.84. The van der Waals surface area contributed by atoms with Crippen LogP contribution in [-0.4, -0.2) is 33.8 Å². The minimum absolute atomic E-state index is 0.0248. The maximum atomic E-state index is 9.84. The van der Waals surface area contributed by atoms with Crippen molar-refractivity contribution in [2.75, 3.05) is 12.4 Å². The summed E-state index contributed by atoms with van der Waals surface area (Å²) in [7, 11) is 0. The van der Waals surface area contributed by atoms with E-state index in [1.807, 2.05) is 0 Å². The van der Waals surface area contributed by atoms with Crippen molar-refractivity contribution in [2.45, 2.75) is 19.1 Å². The highest BCUT2D eigenvalue weighted by Gasteiger charge is 2.20. The zero-order chi connectivity index (χ0) is 13.0. The Labute approximate surface area is 114 Å². The number of ether oxygens (including phenoxy) is 1. The second kappa shape index (κ2) is 6.49. The van der Waals surface area contributed by atoms with Crippen molar-refractivity contribution in [1.82, 2.24) is 0 Å². The lowest BCUT2D eigenvalue weighted by atomic mass is 10.0. The Bertz CT molecular complexity index is 386. The van der Waals surface area contributed by atoms with Gasteiger partial charge in [-0.3, -0.25) is 0 Å². The van der Waals surface area contributed by atoms with Crippen molar-refractivity contribution in [3.63, 3.8) is 0 Å². The number of aliphatic hydroxyl groups is 2. The van der Waals surface area contributed by atoms with Gasteiger partial charge in [-0.2, -0.15) is 12.6 Å². The van der Waals surface area contributed by atoms with E-state index in [0.717, 1.165) is 0 Å². The van der Waals surface area contributed by atoms with Gasteiger partial charge in [0.2, 0.25) is 0 Å². The molecule has 0 aromatic heterocycles. The number of thiol groups is 1. The predicted octanol–water partition coefficient (Wildman–Crippen LogP) is 1.88. The first-order chi connectivity index (χ1) is 8.01. The molecule has 0 bridgehead atoms.